The second kappa shape index (κ2) is 16.6. The molecule has 0 fully saturated rings. The molecule has 320 valence electrons. The number of carbonyl (C=O) groups is 3. The van der Waals surface area contributed by atoms with Crippen molar-refractivity contribution in [3.63, 3.8) is 0 Å². The first-order chi connectivity index (χ1) is 24.0. The predicted molar refractivity (Wildman–Crippen MR) is 125 cm³/mol. The summed E-state index contributed by atoms with van der Waals surface area (Å²) in [5.41, 5.74) is -7.94. The summed E-state index contributed by atoms with van der Waals surface area (Å²) in [6.07, 6.45) is -37.5. The maximum absolute atomic E-state index is 15.3. The first-order valence-electron chi connectivity index (χ1n) is 12.7. The quantitative estimate of drug-likeness (QED) is 0.0537. The molecule has 0 saturated carbocycles. The van der Waals surface area contributed by atoms with Crippen molar-refractivity contribution in [1.82, 2.24) is 0 Å². The Balaban J connectivity index is 6.52. The number of halogens is 22. The monoisotopic (exact) mass is 866 g/mol. The molecule has 0 radical (unpaired) electrons. The Morgan fingerprint density at radius 2 is 0.582 bits per heavy atom. The maximum Gasteiger partial charge on any atom is 0.425 e. The normalized spacial score (nSPS) is 14.3. The summed E-state index contributed by atoms with van der Waals surface area (Å²) in [5, 5.41) is 0. The van der Waals surface area contributed by atoms with E-state index in [1.807, 2.05) is 19.7 Å². The average Bonchev–Trinajstić information content (AvgIpc) is 3.00. The molecule has 0 aromatic carbocycles. The van der Waals surface area contributed by atoms with Crippen LogP contribution < -0.4 is 0 Å². The Morgan fingerprint density at radius 3 is 0.800 bits per heavy atom. The molecule has 0 rings (SSSR count). The second-order valence-corrected chi connectivity index (χ2v) is 9.88. The Labute approximate surface area is 288 Å². The van der Waals surface area contributed by atoms with Gasteiger partial charge in [-0.3, -0.25) is 4.74 Å². The zero-order valence-corrected chi connectivity index (χ0v) is 25.6. The standard InChI is InChI=1S/C24H16F22O9/c1-9(19(32,33)34)12(47)50-6-16(26,27)22(41,42)53-4-15(25,55-24(45,46)18(30,31)8-52-14(49)11(3)21(38,39)40)5-54-23(43,44)17(28,29)7-51-13(48)10(2)20(35,36)37/h1-8H2. The molecule has 0 atom stereocenters. The van der Waals surface area contributed by atoms with Crippen molar-refractivity contribution in [2.75, 3.05) is 33.0 Å². The molecule has 0 amide bonds. The Bertz CT molecular complexity index is 1380. The molecule has 31 heteroatoms. The van der Waals surface area contributed by atoms with Crippen LogP contribution in [0, 0.1) is 0 Å². The lowest BCUT2D eigenvalue weighted by Gasteiger charge is -2.36. The molecule has 0 heterocycles. The van der Waals surface area contributed by atoms with Gasteiger partial charge in [0.1, 0.15) is 29.9 Å². The van der Waals surface area contributed by atoms with Gasteiger partial charge in [0.25, 0.3) is 5.85 Å². The summed E-state index contributed by atoms with van der Waals surface area (Å²) >= 11 is 0. The molecule has 55 heavy (non-hydrogen) atoms. The fourth-order valence-corrected chi connectivity index (χ4v) is 2.34. The van der Waals surface area contributed by atoms with Gasteiger partial charge in [-0.05, 0) is 0 Å². The van der Waals surface area contributed by atoms with Crippen LogP contribution in [-0.4, -0.2) is 111 Å². The van der Waals surface area contributed by atoms with Crippen LogP contribution in [-0.2, 0) is 42.8 Å². The first kappa shape index (κ1) is 51.0. The number of hydrogen-bond donors (Lipinski definition) is 0. The van der Waals surface area contributed by atoms with E-state index in [1.54, 1.807) is 0 Å². The van der Waals surface area contributed by atoms with Crippen LogP contribution in [0.1, 0.15) is 0 Å². The lowest BCUT2D eigenvalue weighted by Crippen LogP contribution is -2.57. The molecular formula is C24H16F22O9. The average molecular weight is 866 g/mol. The van der Waals surface area contributed by atoms with Gasteiger partial charge in [-0.2, -0.15) is 92.2 Å². The number of carbonyl (C=O) groups excluding carboxylic acids is 3. The summed E-state index contributed by atoms with van der Waals surface area (Å²) in [7, 11) is 0. The molecule has 0 aromatic rings. The molecule has 0 spiro atoms. The maximum atomic E-state index is 15.3. The second-order valence-electron chi connectivity index (χ2n) is 9.88. The molecule has 0 aliphatic carbocycles. The highest BCUT2D eigenvalue weighted by atomic mass is 19.4. The molecule has 0 aliphatic rings. The number of esters is 3. The number of alkyl halides is 22. The first-order valence-corrected chi connectivity index (χ1v) is 12.7. The summed E-state index contributed by atoms with van der Waals surface area (Å²) in [5.74, 6) is -33.7. The summed E-state index contributed by atoms with van der Waals surface area (Å²) in [6, 6.07) is 0. The van der Waals surface area contributed by atoms with Crippen LogP contribution in [0.25, 0.3) is 0 Å². The minimum Gasteiger partial charge on any atom is -0.455 e. The van der Waals surface area contributed by atoms with Crippen molar-refractivity contribution in [2.45, 2.75) is 60.5 Å². The van der Waals surface area contributed by atoms with Gasteiger partial charge in [-0.25, -0.2) is 18.8 Å². The smallest absolute Gasteiger partial charge is 0.425 e. The fourth-order valence-electron chi connectivity index (χ4n) is 2.34. The third-order valence-electron chi connectivity index (χ3n) is 5.45. The van der Waals surface area contributed by atoms with E-state index in [1.165, 1.54) is 0 Å². The Morgan fingerprint density at radius 1 is 0.364 bits per heavy atom. The topological polar surface area (TPSA) is 107 Å². The van der Waals surface area contributed by atoms with E-state index in [4.69, 9.17) is 0 Å². The number of ether oxygens (including phenoxy) is 6. The Kier molecular flexibility index (Phi) is 15.4. The van der Waals surface area contributed by atoms with E-state index in [0.29, 0.717) is 0 Å². The van der Waals surface area contributed by atoms with Gasteiger partial charge in [-0.15, -0.1) is 0 Å². The predicted octanol–water partition coefficient (Wildman–Crippen LogP) is 7.37. The largest absolute Gasteiger partial charge is 0.455 e. The van der Waals surface area contributed by atoms with Crippen molar-refractivity contribution in [2.24, 2.45) is 0 Å². The van der Waals surface area contributed by atoms with Gasteiger partial charge < -0.3 is 23.7 Å². The summed E-state index contributed by atoms with van der Waals surface area (Å²) in [6.45, 7) is -11.1. The molecule has 0 unspecified atom stereocenters. The van der Waals surface area contributed by atoms with Gasteiger partial charge in [0.05, 0.1) is 0 Å². The van der Waals surface area contributed by atoms with E-state index in [0.717, 1.165) is 0 Å². The lowest BCUT2D eigenvalue weighted by atomic mass is 10.2. The minimum absolute atomic E-state index is 1.98. The van der Waals surface area contributed by atoms with E-state index >= 15 is 4.39 Å². The highest BCUT2D eigenvalue weighted by molar-refractivity contribution is 5.90. The molecule has 0 N–H and O–H groups in total. The van der Waals surface area contributed by atoms with E-state index in [-0.39, 0.29) is 0 Å². The van der Waals surface area contributed by atoms with Crippen molar-refractivity contribution in [3.8, 4) is 0 Å². The third kappa shape index (κ3) is 13.9. The number of hydrogen-bond acceptors (Lipinski definition) is 9. The van der Waals surface area contributed by atoms with Crippen LogP contribution in [0.3, 0.4) is 0 Å². The van der Waals surface area contributed by atoms with E-state index in [2.05, 4.69) is 28.4 Å². The molecule has 9 nitrogen and oxygen atoms in total. The van der Waals surface area contributed by atoms with Gasteiger partial charge in [0.15, 0.2) is 19.8 Å². The van der Waals surface area contributed by atoms with Crippen molar-refractivity contribution < 1.29 is 139 Å². The van der Waals surface area contributed by atoms with Crippen molar-refractivity contribution in [3.05, 3.63) is 36.5 Å². The van der Waals surface area contributed by atoms with Gasteiger partial charge >= 0.3 is 72.5 Å². The summed E-state index contributed by atoms with van der Waals surface area (Å²) in [4.78, 5) is 33.4. The minimum atomic E-state index is -6.94. The zero-order valence-electron chi connectivity index (χ0n) is 25.6. The SMILES string of the molecule is C=C(C(=O)OCC(F)(F)C(F)(F)OCC(F)(COC(F)(F)C(F)(F)COC(=O)C(=C)C(F)(F)F)OC(F)(F)C(F)(F)COC(=O)C(=C)C(F)(F)F)C(F)(F)F. The van der Waals surface area contributed by atoms with Gasteiger partial charge in [0, 0.05) is 0 Å². The molecular weight excluding hydrogens is 850 g/mol. The lowest BCUT2D eigenvalue weighted by molar-refractivity contribution is -0.445. The van der Waals surface area contributed by atoms with E-state index < -0.39 is 128 Å². The van der Waals surface area contributed by atoms with Crippen LogP contribution in [0.5, 0.6) is 0 Å². The molecule has 0 bridgehead atoms. The zero-order chi connectivity index (χ0) is 44.2. The summed E-state index contributed by atoms with van der Waals surface area (Å²) < 4.78 is 314. The van der Waals surface area contributed by atoms with Crippen LogP contribution in [0.15, 0.2) is 36.5 Å². The van der Waals surface area contributed by atoms with E-state index in [9.17, 15) is 107 Å². The molecule has 0 aliphatic heterocycles. The van der Waals surface area contributed by atoms with Crippen LogP contribution in [0.2, 0.25) is 0 Å². The van der Waals surface area contributed by atoms with Crippen molar-refractivity contribution >= 4 is 17.9 Å². The highest BCUT2D eigenvalue weighted by Gasteiger charge is 2.67. The number of rotatable bonds is 20. The van der Waals surface area contributed by atoms with Crippen molar-refractivity contribution in [1.29, 1.82) is 0 Å². The van der Waals surface area contributed by atoms with Gasteiger partial charge in [0.2, 0.25) is 0 Å². The van der Waals surface area contributed by atoms with Crippen LogP contribution in [0.4, 0.5) is 96.6 Å². The van der Waals surface area contributed by atoms with Gasteiger partial charge in [-0.1, -0.05) is 19.7 Å². The fraction of sp³-hybridized carbons (Fsp3) is 0.625. The Hall–Kier alpha value is -4.03. The van der Waals surface area contributed by atoms with Crippen LogP contribution >= 0.6 is 0 Å². The highest BCUT2D eigenvalue weighted by Crippen LogP contribution is 2.44. The molecule has 0 aromatic heterocycles. The molecule has 0 saturated heterocycles. The third-order valence-corrected chi connectivity index (χ3v) is 5.45.